The summed E-state index contributed by atoms with van der Waals surface area (Å²) in [7, 11) is 1.56. The van der Waals surface area contributed by atoms with Crippen LogP contribution < -0.4 is 16.4 Å². The van der Waals surface area contributed by atoms with E-state index in [0.29, 0.717) is 16.5 Å². The van der Waals surface area contributed by atoms with Gasteiger partial charge in [0, 0.05) is 41.9 Å². The predicted octanol–water partition coefficient (Wildman–Crippen LogP) is 2.72. The number of carbonyl (C=O) groups is 2. The maximum absolute atomic E-state index is 14.4. The smallest absolute Gasteiger partial charge is 0.274 e. The summed E-state index contributed by atoms with van der Waals surface area (Å²) in [5.41, 5.74) is 3.40. The van der Waals surface area contributed by atoms with E-state index in [1.165, 1.54) is 28.8 Å². The van der Waals surface area contributed by atoms with Crippen molar-refractivity contribution in [2.75, 3.05) is 0 Å². The Morgan fingerprint density at radius 2 is 1.78 bits per heavy atom. The minimum atomic E-state index is -0.633. The molecule has 0 fully saturated rings. The predicted molar refractivity (Wildman–Crippen MR) is 116 cm³/mol. The van der Waals surface area contributed by atoms with Gasteiger partial charge in [0.1, 0.15) is 17.0 Å². The number of H-pyrrole nitrogens is 1. The number of rotatable bonds is 5. The fourth-order valence-corrected chi connectivity index (χ4v) is 3.47. The number of aryl methyl sites for hydroxylation is 1. The molecule has 162 valence electrons. The van der Waals surface area contributed by atoms with E-state index >= 15 is 0 Å². The van der Waals surface area contributed by atoms with Crippen LogP contribution in [0.1, 0.15) is 26.4 Å². The average Bonchev–Trinajstić information content (AvgIpc) is 3.26. The number of nitrogens with zero attached hydrogens (tertiary/aromatic N) is 1. The molecule has 0 aliphatic carbocycles. The lowest BCUT2D eigenvalue weighted by atomic mass is 10.0. The number of benzene rings is 2. The molecule has 4 N–H and O–H groups in total. The third kappa shape index (κ3) is 3.88. The molecule has 0 bridgehead atoms. The first-order valence-corrected chi connectivity index (χ1v) is 9.68. The molecule has 9 heteroatoms. The minimum Gasteiger partial charge on any atom is -0.347 e. The van der Waals surface area contributed by atoms with Crippen LogP contribution >= 0.6 is 0 Å². The van der Waals surface area contributed by atoms with Gasteiger partial charge in [-0.1, -0.05) is 30.3 Å². The molecule has 0 atom stereocenters. The van der Waals surface area contributed by atoms with E-state index in [2.05, 4.69) is 10.3 Å². The Balaban J connectivity index is 1.62. The second-order valence-electron chi connectivity index (χ2n) is 7.23. The lowest BCUT2D eigenvalue weighted by Crippen LogP contribution is -2.23. The van der Waals surface area contributed by atoms with Crippen molar-refractivity contribution in [2.24, 2.45) is 7.05 Å². The number of amides is 2. The molecule has 0 spiro atoms. The van der Waals surface area contributed by atoms with Gasteiger partial charge in [-0.2, -0.15) is 0 Å². The summed E-state index contributed by atoms with van der Waals surface area (Å²) in [5, 5.41) is 11.8. The summed E-state index contributed by atoms with van der Waals surface area (Å²) in [4.78, 5) is 39.5. The number of halogens is 1. The monoisotopic (exact) mass is 434 g/mol. The van der Waals surface area contributed by atoms with Crippen molar-refractivity contribution >= 4 is 22.7 Å². The van der Waals surface area contributed by atoms with E-state index < -0.39 is 17.6 Å². The first kappa shape index (κ1) is 21.0. The third-order valence-electron chi connectivity index (χ3n) is 5.14. The number of carbonyl (C=O) groups excluding carboxylic acids is 2. The molecule has 32 heavy (non-hydrogen) atoms. The van der Waals surface area contributed by atoms with Gasteiger partial charge in [-0.25, -0.2) is 9.87 Å². The number of aromatic nitrogens is 2. The van der Waals surface area contributed by atoms with Gasteiger partial charge in [-0.3, -0.25) is 19.6 Å². The Labute approximate surface area is 181 Å². The average molecular weight is 434 g/mol. The number of nitrogens with one attached hydrogen (secondary N) is 3. The van der Waals surface area contributed by atoms with E-state index in [4.69, 9.17) is 5.21 Å². The molecule has 2 heterocycles. The quantitative estimate of drug-likeness (QED) is 0.285. The molecule has 0 saturated heterocycles. The third-order valence-corrected chi connectivity index (χ3v) is 5.14. The standard InChI is InChI=1S/C23H19FN4O4/c1-28-12-17(15-4-2-3-5-18(15)24)16-10-19(26-20(16)23(28)31)22(30)25-11-13-6-8-14(9-7-13)21(29)27-32/h2-10,12,26,32H,11H2,1H3,(H,25,30)(H,27,29). The number of hydroxylamine groups is 1. The van der Waals surface area contributed by atoms with Crippen LogP contribution in [0.25, 0.3) is 22.0 Å². The zero-order valence-corrected chi connectivity index (χ0v) is 17.0. The van der Waals surface area contributed by atoms with Crippen LogP contribution in [0, 0.1) is 5.82 Å². The Hall–Kier alpha value is -4.24. The van der Waals surface area contributed by atoms with Gasteiger partial charge < -0.3 is 14.9 Å². The first-order chi connectivity index (χ1) is 15.4. The topological polar surface area (TPSA) is 116 Å². The summed E-state index contributed by atoms with van der Waals surface area (Å²) >= 11 is 0. The Morgan fingerprint density at radius 3 is 2.47 bits per heavy atom. The summed E-state index contributed by atoms with van der Waals surface area (Å²) in [6, 6.07) is 14.1. The SMILES string of the molecule is Cn1cc(-c2ccccc2F)c2cc(C(=O)NCc3ccc(C(=O)NO)cc3)[nH]c2c1=O. The molecule has 4 rings (SSSR count). The van der Waals surface area contributed by atoms with Crippen LogP contribution in [-0.2, 0) is 13.6 Å². The summed E-state index contributed by atoms with van der Waals surface area (Å²) in [6.07, 6.45) is 1.54. The van der Waals surface area contributed by atoms with E-state index in [1.54, 1.807) is 49.1 Å². The van der Waals surface area contributed by atoms with Crippen LogP contribution in [0.3, 0.4) is 0 Å². The molecule has 2 amide bonds. The molecular formula is C23H19FN4O4. The Bertz CT molecular complexity index is 1390. The van der Waals surface area contributed by atoms with Crippen molar-refractivity contribution in [3.63, 3.8) is 0 Å². The van der Waals surface area contributed by atoms with Crippen molar-refractivity contribution in [1.29, 1.82) is 0 Å². The highest BCUT2D eigenvalue weighted by atomic mass is 19.1. The lowest BCUT2D eigenvalue weighted by molar-refractivity contribution is 0.0706. The highest BCUT2D eigenvalue weighted by Crippen LogP contribution is 2.29. The summed E-state index contributed by atoms with van der Waals surface area (Å²) in [6.45, 7) is 0.174. The van der Waals surface area contributed by atoms with Gasteiger partial charge in [-0.05, 0) is 29.8 Å². The molecule has 2 aromatic carbocycles. The first-order valence-electron chi connectivity index (χ1n) is 9.68. The maximum Gasteiger partial charge on any atom is 0.274 e. The highest BCUT2D eigenvalue weighted by molar-refractivity contribution is 6.02. The number of fused-ring (bicyclic) bond motifs is 1. The second kappa shape index (κ2) is 8.48. The summed E-state index contributed by atoms with van der Waals surface area (Å²) < 4.78 is 15.7. The van der Waals surface area contributed by atoms with Crippen LogP contribution in [0.4, 0.5) is 4.39 Å². The molecule has 0 aliphatic rings. The molecule has 0 radical (unpaired) electrons. The fourth-order valence-electron chi connectivity index (χ4n) is 3.47. The molecule has 0 aliphatic heterocycles. The van der Waals surface area contributed by atoms with Gasteiger partial charge in [0.25, 0.3) is 17.4 Å². The van der Waals surface area contributed by atoms with E-state index in [9.17, 15) is 18.8 Å². The van der Waals surface area contributed by atoms with Crippen molar-refractivity contribution in [1.82, 2.24) is 20.3 Å². The van der Waals surface area contributed by atoms with Crippen molar-refractivity contribution in [3.8, 4) is 11.1 Å². The number of hydrogen-bond acceptors (Lipinski definition) is 4. The van der Waals surface area contributed by atoms with Crippen LogP contribution in [0.15, 0.2) is 65.6 Å². The van der Waals surface area contributed by atoms with E-state index in [1.807, 2.05) is 0 Å². The van der Waals surface area contributed by atoms with E-state index in [-0.39, 0.29) is 28.9 Å². The highest BCUT2D eigenvalue weighted by Gasteiger charge is 2.17. The number of hydrogen-bond donors (Lipinski definition) is 4. The normalized spacial score (nSPS) is 10.8. The van der Waals surface area contributed by atoms with Crippen molar-refractivity contribution in [2.45, 2.75) is 6.54 Å². The van der Waals surface area contributed by atoms with Crippen molar-refractivity contribution < 1.29 is 19.2 Å². The van der Waals surface area contributed by atoms with Gasteiger partial charge >= 0.3 is 0 Å². The molecule has 0 saturated carbocycles. The van der Waals surface area contributed by atoms with Gasteiger partial charge in [0.2, 0.25) is 0 Å². The van der Waals surface area contributed by atoms with E-state index in [0.717, 1.165) is 5.56 Å². The zero-order valence-electron chi connectivity index (χ0n) is 17.0. The number of pyridine rings is 1. The fraction of sp³-hybridized carbons (Fsp3) is 0.0870. The maximum atomic E-state index is 14.4. The lowest BCUT2D eigenvalue weighted by Gasteiger charge is -2.07. The molecular weight excluding hydrogens is 415 g/mol. The minimum absolute atomic E-state index is 0.164. The largest absolute Gasteiger partial charge is 0.347 e. The van der Waals surface area contributed by atoms with Crippen LogP contribution in [0.5, 0.6) is 0 Å². The van der Waals surface area contributed by atoms with Crippen LogP contribution in [-0.4, -0.2) is 26.6 Å². The Morgan fingerprint density at radius 1 is 1.06 bits per heavy atom. The Kier molecular flexibility index (Phi) is 5.57. The summed E-state index contributed by atoms with van der Waals surface area (Å²) in [5.74, 6) is -1.51. The molecule has 4 aromatic rings. The molecule has 2 aromatic heterocycles. The number of aromatic amines is 1. The van der Waals surface area contributed by atoms with Gasteiger partial charge in [-0.15, -0.1) is 0 Å². The second-order valence-corrected chi connectivity index (χ2v) is 7.23. The molecule has 8 nitrogen and oxygen atoms in total. The van der Waals surface area contributed by atoms with Gasteiger partial charge in [0.15, 0.2) is 0 Å². The van der Waals surface area contributed by atoms with Crippen LogP contribution in [0.2, 0.25) is 0 Å². The van der Waals surface area contributed by atoms with Crippen molar-refractivity contribution in [3.05, 3.63) is 93.8 Å². The zero-order chi connectivity index (χ0) is 22.8. The van der Waals surface area contributed by atoms with Gasteiger partial charge in [0.05, 0.1) is 0 Å². The molecule has 0 unspecified atom stereocenters.